The Morgan fingerprint density at radius 3 is 3.21 bits per heavy atom. The minimum Gasteiger partial charge on any atom is -0.467 e. The zero-order chi connectivity index (χ0) is 9.97. The molecular weight excluding hydrogens is 184 g/mol. The number of hydrogen-bond donors (Lipinski definition) is 1. The molecule has 78 valence electrons. The summed E-state index contributed by atoms with van der Waals surface area (Å²) in [4.78, 5) is 18.0. The second-order valence-electron chi connectivity index (χ2n) is 3.53. The van der Waals surface area contributed by atoms with Crippen molar-refractivity contribution in [1.82, 2.24) is 10.4 Å². The largest absolute Gasteiger partial charge is 0.467 e. The molecule has 2 aliphatic heterocycles. The van der Waals surface area contributed by atoms with Gasteiger partial charge >= 0.3 is 5.97 Å². The van der Waals surface area contributed by atoms with Gasteiger partial charge in [-0.05, 0) is 6.42 Å². The van der Waals surface area contributed by atoms with Crippen LogP contribution in [-0.2, 0) is 14.4 Å². The second-order valence-corrected chi connectivity index (χ2v) is 3.53. The third-order valence-corrected chi connectivity index (χ3v) is 2.59. The summed E-state index contributed by atoms with van der Waals surface area (Å²) in [5.41, 5.74) is 3.87. The molecule has 1 fully saturated rings. The van der Waals surface area contributed by atoms with E-state index in [-0.39, 0.29) is 12.6 Å². The number of carbonyl (C=O) groups is 1. The average Bonchev–Trinajstić information content (AvgIpc) is 2.79. The smallest absolute Gasteiger partial charge is 0.334 e. The highest BCUT2D eigenvalue weighted by atomic mass is 16.7. The number of ether oxygens (including phenoxy) is 1. The lowest BCUT2D eigenvalue weighted by atomic mass is 10.1. The number of hydroxylamine groups is 1. The summed E-state index contributed by atoms with van der Waals surface area (Å²) in [5.74, 6) is 0.175. The Labute approximate surface area is 82.6 Å². The minimum absolute atomic E-state index is 0.0550. The Hall–Kier alpha value is -1.23. The predicted octanol–water partition coefficient (Wildman–Crippen LogP) is -0.143. The van der Waals surface area contributed by atoms with E-state index in [4.69, 9.17) is 4.84 Å². The summed E-state index contributed by atoms with van der Waals surface area (Å²) in [5, 5.41) is 0. The summed E-state index contributed by atoms with van der Waals surface area (Å²) in [6.45, 7) is 2.15. The number of hydrogen-bond acceptors (Lipinski definition) is 5. The maximum absolute atomic E-state index is 10.7. The van der Waals surface area contributed by atoms with Gasteiger partial charge in [-0.25, -0.2) is 4.79 Å². The lowest BCUT2D eigenvalue weighted by Crippen LogP contribution is -2.24. The maximum Gasteiger partial charge on any atom is 0.334 e. The molecule has 0 radical (unpaired) electrons. The van der Waals surface area contributed by atoms with Crippen molar-refractivity contribution in [2.45, 2.75) is 6.42 Å². The first-order valence-corrected chi connectivity index (χ1v) is 4.70. The fraction of sp³-hybridized carbons (Fsp3) is 0.667. The topological polar surface area (TPSA) is 50.8 Å². The van der Waals surface area contributed by atoms with Crippen LogP contribution in [0.1, 0.15) is 6.42 Å². The minimum atomic E-state index is -0.374. The molecule has 0 amide bonds. The van der Waals surface area contributed by atoms with Crippen LogP contribution < -0.4 is 5.48 Å². The van der Waals surface area contributed by atoms with Crippen molar-refractivity contribution in [2.75, 3.05) is 26.8 Å². The number of nitrogens with zero attached hydrogens (tertiary/aromatic N) is 1. The molecule has 5 heteroatoms. The quantitative estimate of drug-likeness (QED) is 0.503. The van der Waals surface area contributed by atoms with Crippen LogP contribution >= 0.6 is 0 Å². The van der Waals surface area contributed by atoms with Crippen molar-refractivity contribution < 1.29 is 14.4 Å². The van der Waals surface area contributed by atoms with Crippen LogP contribution in [0.4, 0.5) is 0 Å². The third kappa shape index (κ3) is 1.82. The first-order valence-electron chi connectivity index (χ1n) is 4.70. The summed E-state index contributed by atoms with van der Waals surface area (Å²) < 4.78 is 4.44. The van der Waals surface area contributed by atoms with Crippen LogP contribution in [0.3, 0.4) is 0 Å². The Morgan fingerprint density at radius 1 is 1.79 bits per heavy atom. The standard InChI is InChI=1S/C9H14N2O3/c1-13-9(12)6-14-10-8-5-11-3-2-7(8)4-11/h5,7,10H,2-4,6H2,1H3. The highest BCUT2D eigenvalue weighted by Gasteiger charge is 2.30. The Kier molecular flexibility index (Phi) is 2.58. The van der Waals surface area contributed by atoms with E-state index in [2.05, 4.69) is 15.1 Å². The van der Waals surface area contributed by atoms with Gasteiger partial charge in [0.15, 0.2) is 6.61 Å². The van der Waals surface area contributed by atoms with Crippen LogP contribution in [-0.4, -0.2) is 37.7 Å². The fourth-order valence-electron chi connectivity index (χ4n) is 1.81. The highest BCUT2D eigenvalue weighted by Crippen LogP contribution is 2.29. The SMILES string of the molecule is COC(=O)CONC1=CN2CCC1C2. The molecule has 2 heterocycles. The van der Waals surface area contributed by atoms with E-state index in [0.717, 1.165) is 18.8 Å². The molecular formula is C9H14N2O3. The van der Waals surface area contributed by atoms with E-state index in [9.17, 15) is 4.79 Å². The summed E-state index contributed by atoms with van der Waals surface area (Å²) in [6.07, 6.45) is 3.21. The van der Waals surface area contributed by atoms with E-state index in [0.29, 0.717) is 5.92 Å². The number of rotatable bonds is 4. The van der Waals surface area contributed by atoms with E-state index >= 15 is 0 Å². The van der Waals surface area contributed by atoms with Gasteiger partial charge < -0.3 is 9.64 Å². The lowest BCUT2D eigenvalue weighted by molar-refractivity contribution is -0.148. The van der Waals surface area contributed by atoms with Gasteiger partial charge in [-0.3, -0.25) is 10.3 Å². The molecule has 0 saturated carbocycles. The van der Waals surface area contributed by atoms with Crippen LogP contribution in [0.25, 0.3) is 0 Å². The normalized spacial score (nSPS) is 23.6. The number of esters is 1. The molecule has 5 nitrogen and oxygen atoms in total. The van der Waals surface area contributed by atoms with Crippen molar-refractivity contribution in [3.63, 3.8) is 0 Å². The molecule has 0 aromatic rings. The van der Waals surface area contributed by atoms with E-state index in [1.165, 1.54) is 13.5 Å². The van der Waals surface area contributed by atoms with Gasteiger partial charge in [-0.2, -0.15) is 0 Å². The van der Waals surface area contributed by atoms with Gasteiger partial charge in [0.25, 0.3) is 0 Å². The first kappa shape index (κ1) is 9.33. The molecule has 2 rings (SSSR count). The van der Waals surface area contributed by atoms with Crippen molar-refractivity contribution in [3.8, 4) is 0 Å². The van der Waals surface area contributed by atoms with Gasteiger partial charge in [-0.15, -0.1) is 0 Å². The summed E-state index contributed by atoms with van der Waals surface area (Å²) >= 11 is 0. The molecule has 0 aromatic heterocycles. The Bertz CT molecular complexity index is 265. The number of methoxy groups -OCH3 is 1. The van der Waals surface area contributed by atoms with Crippen LogP contribution in [0, 0.1) is 5.92 Å². The zero-order valence-electron chi connectivity index (χ0n) is 8.16. The van der Waals surface area contributed by atoms with Crippen molar-refractivity contribution >= 4 is 5.97 Å². The molecule has 1 N–H and O–H groups in total. The van der Waals surface area contributed by atoms with Crippen molar-refractivity contribution in [3.05, 3.63) is 11.9 Å². The van der Waals surface area contributed by atoms with Crippen molar-refractivity contribution in [1.29, 1.82) is 0 Å². The number of fused-ring (bicyclic) bond motifs is 2. The highest BCUT2D eigenvalue weighted by molar-refractivity contribution is 5.70. The fourth-order valence-corrected chi connectivity index (χ4v) is 1.81. The zero-order valence-corrected chi connectivity index (χ0v) is 8.16. The van der Waals surface area contributed by atoms with Crippen LogP contribution in [0.15, 0.2) is 11.9 Å². The van der Waals surface area contributed by atoms with Gasteiger partial charge in [0.1, 0.15) is 0 Å². The molecule has 0 spiro atoms. The van der Waals surface area contributed by atoms with Crippen LogP contribution in [0.5, 0.6) is 0 Å². The maximum atomic E-state index is 10.7. The second kappa shape index (κ2) is 3.88. The molecule has 2 bridgehead atoms. The monoisotopic (exact) mass is 198 g/mol. The predicted molar refractivity (Wildman–Crippen MR) is 48.9 cm³/mol. The molecule has 14 heavy (non-hydrogen) atoms. The molecule has 0 aromatic carbocycles. The van der Waals surface area contributed by atoms with Gasteiger partial charge in [0.05, 0.1) is 12.8 Å². The van der Waals surface area contributed by atoms with Gasteiger partial charge in [0.2, 0.25) is 0 Å². The van der Waals surface area contributed by atoms with Crippen molar-refractivity contribution in [2.24, 2.45) is 5.92 Å². The lowest BCUT2D eigenvalue weighted by Gasteiger charge is -2.14. The summed E-state index contributed by atoms with van der Waals surface area (Å²) in [7, 11) is 1.34. The Morgan fingerprint density at radius 2 is 2.64 bits per heavy atom. The Balaban J connectivity index is 1.72. The third-order valence-electron chi connectivity index (χ3n) is 2.59. The first-order chi connectivity index (χ1) is 6.79. The van der Waals surface area contributed by atoms with E-state index in [1.54, 1.807) is 0 Å². The van der Waals surface area contributed by atoms with E-state index in [1.807, 2.05) is 6.20 Å². The van der Waals surface area contributed by atoms with Gasteiger partial charge in [0, 0.05) is 25.2 Å². The molecule has 1 unspecified atom stereocenters. The number of nitrogens with one attached hydrogen (secondary N) is 1. The molecule has 0 aliphatic carbocycles. The molecule has 1 saturated heterocycles. The van der Waals surface area contributed by atoms with E-state index < -0.39 is 0 Å². The summed E-state index contributed by atoms with van der Waals surface area (Å²) in [6, 6.07) is 0. The number of carbonyl (C=O) groups excluding carboxylic acids is 1. The average molecular weight is 198 g/mol. The van der Waals surface area contributed by atoms with Crippen LogP contribution in [0.2, 0.25) is 0 Å². The molecule has 1 atom stereocenters. The molecule has 2 aliphatic rings. The van der Waals surface area contributed by atoms with Gasteiger partial charge in [-0.1, -0.05) is 0 Å².